The maximum Gasteiger partial charge on any atom is 0.0494 e. The predicted octanol–water partition coefficient (Wildman–Crippen LogP) is 1.38. The van der Waals surface area contributed by atoms with Crippen LogP contribution in [-0.4, -0.2) is 32.3 Å². The summed E-state index contributed by atoms with van der Waals surface area (Å²) in [6, 6.07) is 0.281. The Morgan fingerprint density at radius 1 is 1.40 bits per heavy atom. The number of hydrogen-bond acceptors (Lipinski definition) is 3. The number of ether oxygens (including phenoxy) is 1. The van der Waals surface area contributed by atoms with E-state index in [-0.39, 0.29) is 6.04 Å². The van der Waals surface area contributed by atoms with Crippen molar-refractivity contribution in [1.82, 2.24) is 5.32 Å². The van der Waals surface area contributed by atoms with Crippen molar-refractivity contribution in [3.8, 4) is 0 Å². The zero-order valence-electron chi connectivity index (χ0n) is 10.2. The van der Waals surface area contributed by atoms with Crippen LogP contribution in [-0.2, 0) is 4.74 Å². The van der Waals surface area contributed by atoms with Crippen molar-refractivity contribution in [2.24, 2.45) is 17.6 Å². The highest BCUT2D eigenvalue weighted by Gasteiger charge is 2.20. The van der Waals surface area contributed by atoms with Crippen molar-refractivity contribution in [3.05, 3.63) is 0 Å². The van der Waals surface area contributed by atoms with Gasteiger partial charge < -0.3 is 15.8 Å². The fraction of sp³-hybridized carbons (Fsp3) is 1.00. The summed E-state index contributed by atoms with van der Waals surface area (Å²) in [7, 11) is 0. The van der Waals surface area contributed by atoms with Gasteiger partial charge in [0.1, 0.15) is 0 Å². The smallest absolute Gasteiger partial charge is 0.0494 e. The Balaban J connectivity index is 1.75. The van der Waals surface area contributed by atoms with Gasteiger partial charge in [-0.3, -0.25) is 0 Å². The number of nitrogens with two attached hydrogens (primary N) is 1. The first-order valence-corrected chi connectivity index (χ1v) is 6.24. The second kappa shape index (κ2) is 7.20. The van der Waals surface area contributed by atoms with Gasteiger partial charge in [-0.25, -0.2) is 0 Å². The van der Waals surface area contributed by atoms with Gasteiger partial charge >= 0.3 is 0 Å². The predicted molar refractivity (Wildman–Crippen MR) is 63.8 cm³/mol. The monoisotopic (exact) mass is 214 g/mol. The molecular formula is C12H26N2O. The van der Waals surface area contributed by atoms with Crippen molar-refractivity contribution >= 4 is 0 Å². The second-order valence-electron chi connectivity index (χ2n) is 4.91. The maximum atomic E-state index is 5.77. The largest absolute Gasteiger partial charge is 0.381 e. The molecule has 1 fully saturated rings. The van der Waals surface area contributed by atoms with Crippen LogP contribution < -0.4 is 11.1 Å². The summed E-state index contributed by atoms with van der Waals surface area (Å²) < 4.78 is 5.55. The Morgan fingerprint density at radius 2 is 2.13 bits per heavy atom. The molecule has 1 aliphatic rings. The molecule has 1 rings (SSSR count). The van der Waals surface area contributed by atoms with Crippen molar-refractivity contribution in [3.63, 3.8) is 0 Å². The van der Waals surface area contributed by atoms with E-state index in [0.29, 0.717) is 5.92 Å². The van der Waals surface area contributed by atoms with E-state index in [0.717, 1.165) is 38.6 Å². The third kappa shape index (κ3) is 6.88. The summed E-state index contributed by atoms with van der Waals surface area (Å²) in [6.45, 7) is 8.18. The van der Waals surface area contributed by atoms with Gasteiger partial charge in [0.15, 0.2) is 0 Å². The van der Waals surface area contributed by atoms with Crippen LogP contribution in [0.4, 0.5) is 0 Å². The van der Waals surface area contributed by atoms with Gasteiger partial charge in [-0.15, -0.1) is 0 Å². The molecule has 0 spiro atoms. The second-order valence-corrected chi connectivity index (χ2v) is 4.91. The molecule has 1 aliphatic carbocycles. The molecule has 0 bridgehead atoms. The Bertz CT molecular complexity index is 158. The molecule has 3 N–H and O–H groups in total. The minimum Gasteiger partial charge on any atom is -0.381 e. The van der Waals surface area contributed by atoms with E-state index < -0.39 is 0 Å². The van der Waals surface area contributed by atoms with Crippen LogP contribution in [0.25, 0.3) is 0 Å². The van der Waals surface area contributed by atoms with Crippen LogP contribution in [0.2, 0.25) is 0 Å². The van der Waals surface area contributed by atoms with Crippen LogP contribution in [0.3, 0.4) is 0 Å². The normalized spacial score (nSPS) is 20.2. The van der Waals surface area contributed by atoms with Crippen molar-refractivity contribution in [1.29, 1.82) is 0 Å². The van der Waals surface area contributed by atoms with E-state index in [1.165, 1.54) is 12.8 Å². The highest BCUT2D eigenvalue weighted by molar-refractivity contribution is 4.72. The van der Waals surface area contributed by atoms with Crippen molar-refractivity contribution in [2.45, 2.75) is 39.2 Å². The lowest BCUT2D eigenvalue weighted by atomic mass is 10.1. The molecule has 2 unspecified atom stereocenters. The molecule has 0 aromatic carbocycles. The average molecular weight is 214 g/mol. The van der Waals surface area contributed by atoms with Gasteiger partial charge in [-0.05, 0) is 51.1 Å². The van der Waals surface area contributed by atoms with Gasteiger partial charge in [0.25, 0.3) is 0 Å². The Morgan fingerprint density at radius 3 is 2.73 bits per heavy atom. The van der Waals surface area contributed by atoms with Crippen LogP contribution in [0.5, 0.6) is 0 Å². The third-order valence-corrected chi connectivity index (χ3v) is 3.06. The highest BCUT2D eigenvalue weighted by Crippen LogP contribution is 2.28. The lowest BCUT2D eigenvalue weighted by molar-refractivity contribution is 0.122. The first kappa shape index (κ1) is 12.9. The Hall–Kier alpha value is -0.120. The molecule has 0 saturated heterocycles. The van der Waals surface area contributed by atoms with E-state index in [1.54, 1.807) is 0 Å². The van der Waals surface area contributed by atoms with Crippen LogP contribution in [0.15, 0.2) is 0 Å². The van der Waals surface area contributed by atoms with Gasteiger partial charge in [-0.1, -0.05) is 6.92 Å². The molecule has 0 amide bonds. The average Bonchev–Trinajstić information content (AvgIpc) is 2.99. The molecule has 0 aliphatic heterocycles. The zero-order valence-corrected chi connectivity index (χ0v) is 10.2. The maximum absolute atomic E-state index is 5.77. The van der Waals surface area contributed by atoms with Gasteiger partial charge in [0.05, 0.1) is 0 Å². The Kier molecular flexibility index (Phi) is 6.22. The highest BCUT2D eigenvalue weighted by atomic mass is 16.5. The summed E-state index contributed by atoms with van der Waals surface area (Å²) in [5.41, 5.74) is 5.77. The van der Waals surface area contributed by atoms with E-state index >= 15 is 0 Å². The van der Waals surface area contributed by atoms with E-state index in [4.69, 9.17) is 10.5 Å². The zero-order chi connectivity index (χ0) is 11.1. The van der Waals surface area contributed by atoms with Crippen LogP contribution >= 0.6 is 0 Å². The quantitative estimate of drug-likeness (QED) is 0.570. The first-order valence-electron chi connectivity index (χ1n) is 6.24. The molecule has 0 aromatic rings. The summed E-state index contributed by atoms with van der Waals surface area (Å²) in [5, 5.41) is 3.41. The molecule has 15 heavy (non-hydrogen) atoms. The number of hydrogen-bond donors (Lipinski definition) is 2. The van der Waals surface area contributed by atoms with Crippen LogP contribution in [0.1, 0.15) is 33.1 Å². The summed E-state index contributed by atoms with van der Waals surface area (Å²) in [5.74, 6) is 1.44. The molecule has 1 saturated carbocycles. The lowest BCUT2D eigenvalue weighted by Crippen LogP contribution is -2.33. The summed E-state index contributed by atoms with van der Waals surface area (Å²) >= 11 is 0. The first-order chi connectivity index (χ1) is 7.20. The minimum absolute atomic E-state index is 0.281. The topological polar surface area (TPSA) is 47.3 Å². The lowest BCUT2D eigenvalue weighted by Gasteiger charge is -2.15. The molecular weight excluding hydrogens is 188 g/mol. The van der Waals surface area contributed by atoms with Crippen molar-refractivity contribution in [2.75, 3.05) is 26.3 Å². The molecule has 3 heteroatoms. The fourth-order valence-corrected chi connectivity index (χ4v) is 1.35. The summed E-state index contributed by atoms with van der Waals surface area (Å²) in [6.07, 6.45) is 3.87. The minimum atomic E-state index is 0.281. The molecule has 0 aromatic heterocycles. The van der Waals surface area contributed by atoms with Gasteiger partial charge in [-0.2, -0.15) is 0 Å². The van der Waals surface area contributed by atoms with E-state index in [2.05, 4.69) is 19.2 Å². The van der Waals surface area contributed by atoms with E-state index in [1.807, 2.05) is 0 Å². The standard InChI is InChI=1S/C12H26N2O/c1-10(11(2)13)8-14-6-3-7-15-9-12-4-5-12/h10-12,14H,3-9,13H2,1-2H3. The molecule has 3 nitrogen and oxygen atoms in total. The third-order valence-electron chi connectivity index (χ3n) is 3.06. The molecule has 2 atom stereocenters. The number of nitrogens with one attached hydrogen (secondary N) is 1. The van der Waals surface area contributed by atoms with E-state index in [9.17, 15) is 0 Å². The van der Waals surface area contributed by atoms with Gasteiger partial charge in [0.2, 0.25) is 0 Å². The van der Waals surface area contributed by atoms with Crippen molar-refractivity contribution < 1.29 is 4.74 Å². The fourth-order valence-electron chi connectivity index (χ4n) is 1.35. The SMILES string of the molecule is CC(N)C(C)CNCCCOCC1CC1. The summed E-state index contributed by atoms with van der Waals surface area (Å²) in [4.78, 5) is 0. The molecule has 0 heterocycles. The Labute approximate surface area is 93.8 Å². The van der Waals surface area contributed by atoms with Crippen LogP contribution in [0, 0.1) is 11.8 Å². The van der Waals surface area contributed by atoms with Gasteiger partial charge in [0, 0.05) is 19.3 Å². The molecule has 0 radical (unpaired) electrons. The number of rotatable bonds is 9. The molecule has 90 valence electrons.